The second kappa shape index (κ2) is 4.36. The minimum atomic E-state index is -5.71. The van der Waals surface area contributed by atoms with Gasteiger partial charge >= 0.3 is 12.4 Å². The van der Waals surface area contributed by atoms with Crippen LogP contribution in [-0.2, 0) is 9.63 Å². The maximum Gasteiger partial charge on any atom is 0.441 e. The third kappa shape index (κ3) is 5.08. The Hall–Kier alpha value is -1.48. The predicted molar refractivity (Wildman–Crippen MR) is 34.7 cm³/mol. The highest BCUT2D eigenvalue weighted by Crippen LogP contribution is 2.30. The van der Waals surface area contributed by atoms with Crippen LogP contribution < -0.4 is 5.73 Å². The van der Waals surface area contributed by atoms with Crippen LogP contribution in [0.5, 0.6) is 0 Å². The Morgan fingerprint density at radius 3 is 1.80 bits per heavy atom. The summed E-state index contributed by atoms with van der Waals surface area (Å²) in [5.74, 6) is -1.25. The summed E-state index contributed by atoms with van der Waals surface area (Å²) in [4.78, 5) is 13.4. The summed E-state index contributed by atoms with van der Waals surface area (Å²) in [6.45, 7) is -1.17. The summed E-state index contributed by atoms with van der Waals surface area (Å²) in [6, 6.07) is 0. The summed E-state index contributed by atoms with van der Waals surface area (Å²) in [7, 11) is 0. The molecule has 0 atom stereocenters. The van der Waals surface area contributed by atoms with Crippen molar-refractivity contribution in [2.45, 2.75) is 12.4 Å². The van der Waals surface area contributed by atoms with Gasteiger partial charge in [0.2, 0.25) is 0 Å². The number of halogens is 6. The van der Waals surface area contributed by atoms with Crippen LogP contribution in [0.4, 0.5) is 26.3 Å². The molecule has 0 aliphatic heterocycles. The third-order valence-electron chi connectivity index (χ3n) is 0.900. The van der Waals surface area contributed by atoms with Gasteiger partial charge in [-0.1, -0.05) is 5.16 Å². The van der Waals surface area contributed by atoms with E-state index in [2.05, 4.69) is 10.6 Å². The van der Waals surface area contributed by atoms with Crippen LogP contribution in [0.2, 0.25) is 0 Å². The van der Waals surface area contributed by atoms with Crippen molar-refractivity contribution < 1.29 is 36.0 Å². The van der Waals surface area contributed by atoms with Crippen molar-refractivity contribution in [2.75, 3.05) is 6.61 Å². The molecule has 0 aliphatic rings. The number of rotatable bonds is 3. The van der Waals surface area contributed by atoms with E-state index in [-0.39, 0.29) is 0 Å². The van der Waals surface area contributed by atoms with E-state index in [1.54, 1.807) is 5.16 Å². The van der Waals surface area contributed by atoms with E-state index >= 15 is 0 Å². The molecule has 15 heavy (non-hydrogen) atoms. The minimum Gasteiger partial charge on any atom is -0.385 e. The number of nitrogens with two attached hydrogens (primary N) is 1. The number of hydrogen-bond acceptors (Lipinski definition) is 3. The molecule has 0 heterocycles. The fourth-order valence-electron chi connectivity index (χ4n) is 0.425. The monoisotopic (exact) mass is 238 g/mol. The molecule has 0 unspecified atom stereocenters. The molecule has 0 aromatic carbocycles. The van der Waals surface area contributed by atoms with Gasteiger partial charge in [0.15, 0.2) is 6.61 Å². The highest BCUT2D eigenvalue weighted by Gasteiger charge is 2.54. The molecular formula is C5H4F6N2O2. The largest absolute Gasteiger partial charge is 0.441 e. The molecule has 4 nitrogen and oxygen atoms in total. The van der Waals surface area contributed by atoms with E-state index in [4.69, 9.17) is 0 Å². The fourth-order valence-corrected chi connectivity index (χ4v) is 0.425. The Morgan fingerprint density at radius 2 is 1.53 bits per heavy atom. The maximum atomic E-state index is 11.7. The lowest BCUT2D eigenvalue weighted by molar-refractivity contribution is -0.128. The number of oxime groups is 1. The van der Waals surface area contributed by atoms with Gasteiger partial charge in [-0.05, 0) is 0 Å². The molecule has 1 amide bonds. The van der Waals surface area contributed by atoms with Crippen molar-refractivity contribution in [1.82, 2.24) is 0 Å². The van der Waals surface area contributed by atoms with Gasteiger partial charge in [0.25, 0.3) is 11.6 Å². The molecule has 2 N–H and O–H groups in total. The second-order valence-corrected chi connectivity index (χ2v) is 2.18. The van der Waals surface area contributed by atoms with Crippen LogP contribution in [0.25, 0.3) is 0 Å². The van der Waals surface area contributed by atoms with E-state index in [1.165, 1.54) is 0 Å². The first kappa shape index (κ1) is 13.5. The SMILES string of the molecule is NC(=O)CON=C(C(F)(F)F)C(F)(F)F. The zero-order valence-corrected chi connectivity index (χ0v) is 6.82. The minimum absolute atomic E-state index is 1.17. The molecule has 0 saturated carbocycles. The lowest BCUT2D eigenvalue weighted by Crippen LogP contribution is -2.37. The fraction of sp³-hybridized carbons (Fsp3) is 0.600. The van der Waals surface area contributed by atoms with Crippen LogP contribution in [0.3, 0.4) is 0 Å². The lowest BCUT2D eigenvalue weighted by atomic mass is 10.3. The first-order valence-electron chi connectivity index (χ1n) is 3.18. The van der Waals surface area contributed by atoms with Gasteiger partial charge in [-0.25, -0.2) is 0 Å². The first-order chi connectivity index (χ1) is 6.55. The molecule has 0 rings (SSSR count). The number of nitrogens with zero attached hydrogens (tertiary/aromatic N) is 1. The smallest absolute Gasteiger partial charge is 0.385 e. The Morgan fingerprint density at radius 1 is 1.13 bits per heavy atom. The zero-order chi connectivity index (χ0) is 12.3. The summed E-state index contributed by atoms with van der Waals surface area (Å²) >= 11 is 0. The highest BCUT2D eigenvalue weighted by molar-refractivity contribution is 5.94. The summed E-state index contributed by atoms with van der Waals surface area (Å²) in [5, 5.41) is 1.77. The molecule has 0 spiro atoms. The Labute approximate surface area is 78.7 Å². The van der Waals surface area contributed by atoms with Gasteiger partial charge in [-0.2, -0.15) is 26.3 Å². The standard InChI is InChI=1S/C5H4F6N2O2/c6-4(7,8)3(5(9,10)11)13-15-1-2(12)14/h1H2,(H2,12,14). The number of alkyl halides is 6. The number of amides is 1. The Kier molecular flexibility index (Phi) is 3.93. The van der Waals surface area contributed by atoms with Crippen LogP contribution in [0.15, 0.2) is 5.16 Å². The summed E-state index contributed by atoms with van der Waals surface area (Å²) in [5.41, 5.74) is 1.31. The molecular weight excluding hydrogens is 234 g/mol. The average molecular weight is 238 g/mol. The molecule has 0 radical (unpaired) electrons. The van der Waals surface area contributed by atoms with Gasteiger partial charge in [0.05, 0.1) is 0 Å². The van der Waals surface area contributed by atoms with E-state index in [0.29, 0.717) is 0 Å². The normalized spacial score (nSPS) is 12.1. The van der Waals surface area contributed by atoms with Crippen LogP contribution >= 0.6 is 0 Å². The topological polar surface area (TPSA) is 64.7 Å². The second-order valence-electron chi connectivity index (χ2n) is 2.18. The number of carbonyl (C=O) groups is 1. The molecule has 0 aromatic rings. The van der Waals surface area contributed by atoms with Crippen molar-refractivity contribution >= 4 is 11.6 Å². The van der Waals surface area contributed by atoms with Gasteiger partial charge in [0, 0.05) is 0 Å². The van der Waals surface area contributed by atoms with E-state index in [9.17, 15) is 31.1 Å². The lowest BCUT2D eigenvalue weighted by Gasteiger charge is -2.12. The quantitative estimate of drug-likeness (QED) is 0.452. The van der Waals surface area contributed by atoms with E-state index in [0.717, 1.165) is 0 Å². The van der Waals surface area contributed by atoms with E-state index < -0.39 is 30.6 Å². The molecule has 0 aromatic heterocycles. The van der Waals surface area contributed by atoms with Crippen molar-refractivity contribution in [3.8, 4) is 0 Å². The van der Waals surface area contributed by atoms with Gasteiger partial charge < -0.3 is 10.6 Å². The summed E-state index contributed by atoms with van der Waals surface area (Å²) < 4.78 is 70.2. The maximum absolute atomic E-state index is 11.7. The number of carbonyl (C=O) groups excluding carboxylic acids is 1. The van der Waals surface area contributed by atoms with Crippen LogP contribution in [-0.4, -0.2) is 30.6 Å². The molecule has 0 bridgehead atoms. The summed E-state index contributed by atoms with van der Waals surface area (Å²) in [6.07, 6.45) is -11.4. The molecule has 10 heteroatoms. The highest BCUT2D eigenvalue weighted by atomic mass is 19.4. The van der Waals surface area contributed by atoms with Crippen molar-refractivity contribution in [2.24, 2.45) is 10.9 Å². The molecule has 88 valence electrons. The zero-order valence-electron chi connectivity index (χ0n) is 6.82. The van der Waals surface area contributed by atoms with Gasteiger partial charge in [-0.3, -0.25) is 4.79 Å². The van der Waals surface area contributed by atoms with E-state index in [1.807, 2.05) is 0 Å². The third-order valence-corrected chi connectivity index (χ3v) is 0.900. The Bertz CT molecular complexity index is 252. The average Bonchev–Trinajstić information content (AvgIpc) is 1.92. The van der Waals surface area contributed by atoms with Crippen molar-refractivity contribution in [3.63, 3.8) is 0 Å². The molecule has 0 saturated heterocycles. The van der Waals surface area contributed by atoms with Crippen LogP contribution in [0.1, 0.15) is 0 Å². The molecule has 0 fully saturated rings. The van der Waals surface area contributed by atoms with Gasteiger partial charge in [-0.15, -0.1) is 0 Å². The van der Waals surface area contributed by atoms with Crippen molar-refractivity contribution in [3.05, 3.63) is 0 Å². The predicted octanol–water partition coefficient (Wildman–Crippen LogP) is 0.969. The first-order valence-corrected chi connectivity index (χ1v) is 3.18. The van der Waals surface area contributed by atoms with Gasteiger partial charge in [0.1, 0.15) is 0 Å². The number of primary amides is 1. The van der Waals surface area contributed by atoms with Crippen LogP contribution in [0, 0.1) is 0 Å². The molecule has 0 aliphatic carbocycles. The van der Waals surface area contributed by atoms with Crippen molar-refractivity contribution in [1.29, 1.82) is 0 Å². The number of hydrogen-bond donors (Lipinski definition) is 1. The Balaban J connectivity index is 4.74.